The van der Waals surface area contributed by atoms with Crippen LogP contribution in [0.1, 0.15) is 10.6 Å². The molecular formula is C16H13N3O2. The van der Waals surface area contributed by atoms with E-state index in [0.717, 1.165) is 11.4 Å². The number of nitrogens with zero attached hydrogens (tertiary/aromatic N) is 1. The molecule has 104 valence electrons. The van der Waals surface area contributed by atoms with Crippen LogP contribution < -0.4 is 10.6 Å². The van der Waals surface area contributed by atoms with Gasteiger partial charge >= 0.3 is 0 Å². The highest BCUT2D eigenvalue weighted by Crippen LogP contribution is 2.16. The first-order valence-electron chi connectivity index (χ1n) is 6.44. The van der Waals surface area contributed by atoms with E-state index in [4.69, 9.17) is 4.42 Å². The lowest BCUT2D eigenvalue weighted by Crippen LogP contribution is -2.11. The lowest BCUT2D eigenvalue weighted by atomic mass is 10.3. The van der Waals surface area contributed by atoms with Crippen LogP contribution in [0.15, 0.2) is 71.5 Å². The van der Waals surface area contributed by atoms with Crippen molar-refractivity contribution in [3.63, 3.8) is 0 Å². The van der Waals surface area contributed by atoms with Crippen LogP contribution in [0.4, 0.5) is 17.2 Å². The maximum absolute atomic E-state index is 11.8. The standard InChI is InChI=1S/C16H13N3O2/c20-16(14-7-4-10-21-14)19-15-9-8-13(11-17-15)18-12-5-2-1-3-6-12/h1-11,18H,(H,17,19,20). The van der Waals surface area contributed by atoms with Gasteiger partial charge in [0.25, 0.3) is 5.91 Å². The fourth-order valence-corrected chi connectivity index (χ4v) is 1.82. The number of furan rings is 1. The van der Waals surface area contributed by atoms with Gasteiger partial charge in [0, 0.05) is 5.69 Å². The zero-order chi connectivity index (χ0) is 14.5. The lowest BCUT2D eigenvalue weighted by molar-refractivity contribution is 0.0996. The summed E-state index contributed by atoms with van der Waals surface area (Å²) in [6.45, 7) is 0. The number of pyridine rings is 1. The number of carbonyl (C=O) groups is 1. The van der Waals surface area contributed by atoms with E-state index in [1.807, 2.05) is 36.4 Å². The molecule has 2 aromatic heterocycles. The summed E-state index contributed by atoms with van der Waals surface area (Å²) in [5.41, 5.74) is 1.82. The zero-order valence-electron chi connectivity index (χ0n) is 11.1. The predicted octanol–water partition coefficient (Wildman–Crippen LogP) is 3.67. The normalized spacial score (nSPS) is 10.1. The van der Waals surface area contributed by atoms with Gasteiger partial charge in [0.1, 0.15) is 5.82 Å². The summed E-state index contributed by atoms with van der Waals surface area (Å²) in [7, 11) is 0. The van der Waals surface area contributed by atoms with Crippen LogP contribution >= 0.6 is 0 Å². The molecule has 0 atom stereocenters. The smallest absolute Gasteiger partial charge is 0.292 e. The van der Waals surface area contributed by atoms with Gasteiger partial charge in [-0.25, -0.2) is 4.98 Å². The monoisotopic (exact) mass is 279 g/mol. The van der Waals surface area contributed by atoms with Gasteiger partial charge in [-0.2, -0.15) is 0 Å². The quantitative estimate of drug-likeness (QED) is 0.764. The van der Waals surface area contributed by atoms with E-state index in [-0.39, 0.29) is 11.7 Å². The molecule has 2 heterocycles. The fraction of sp³-hybridized carbons (Fsp3) is 0. The number of hydrogen-bond donors (Lipinski definition) is 2. The van der Waals surface area contributed by atoms with E-state index < -0.39 is 0 Å². The van der Waals surface area contributed by atoms with Crippen LogP contribution in [0.3, 0.4) is 0 Å². The van der Waals surface area contributed by atoms with E-state index in [0.29, 0.717) is 5.82 Å². The Balaban J connectivity index is 1.65. The molecule has 0 unspecified atom stereocenters. The number of anilines is 3. The third-order valence-electron chi connectivity index (χ3n) is 2.81. The Labute approximate surface area is 121 Å². The summed E-state index contributed by atoms with van der Waals surface area (Å²) in [6.07, 6.45) is 3.11. The fourth-order valence-electron chi connectivity index (χ4n) is 1.82. The van der Waals surface area contributed by atoms with Gasteiger partial charge in [-0.3, -0.25) is 4.79 Å². The van der Waals surface area contributed by atoms with Crippen LogP contribution in [0.25, 0.3) is 0 Å². The molecule has 0 aliphatic carbocycles. The number of hydrogen-bond acceptors (Lipinski definition) is 4. The number of para-hydroxylation sites is 1. The molecule has 0 saturated heterocycles. The molecule has 21 heavy (non-hydrogen) atoms. The Morgan fingerprint density at radius 3 is 2.48 bits per heavy atom. The highest BCUT2D eigenvalue weighted by atomic mass is 16.3. The average Bonchev–Trinajstić information content (AvgIpc) is 3.05. The Morgan fingerprint density at radius 1 is 0.952 bits per heavy atom. The van der Waals surface area contributed by atoms with Crippen molar-refractivity contribution in [1.29, 1.82) is 0 Å². The third kappa shape index (κ3) is 3.27. The lowest BCUT2D eigenvalue weighted by Gasteiger charge is -2.07. The molecule has 3 aromatic rings. The zero-order valence-corrected chi connectivity index (χ0v) is 11.1. The van der Waals surface area contributed by atoms with Crippen molar-refractivity contribution in [2.24, 2.45) is 0 Å². The van der Waals surface area contributed by atoms with Crippen LogP contribution in [0, 0.1) is 0 Å². The van der Waals surface area contributed by atoms with Crippen molar-refractivity contribution in [2.75, 3.05) is 10.6 Å². The van der Waals surface area contributed by atoms with Gasteiger partial charge in [0.2, 0.25) is 0 Å². The Hall–Kier alpha value is -3.08. The maximum atomic E-state index is 11.8. The molecule has 0 fully saturated rings. The van der Waals surface area contributed by atoms with Gasteiger partial charge < -0.3 is 15.1 Å². The molecule has 5 nitrogen and oxygen atoms in total. The Kier molecular flexibility index (Phi) is 3.64. The van der Waals surface area contributed by atoms with E-state index in [1.54, 1.807) is 24.4 Å². The van der Waals surface area contributed by atoms with Gasteiger partial charge in [0.15, 0.2) is 5.76 Å². The molecule has 0 aliphatic heterocycles. The van der Waals surface area contributed by atoms with Crippen molar-refractivity contribution in [2.45, 2.75) is 0 Å². The van der Waals surface area contributed by atoms with Gasteiger partial charge in [-0.05, 0) is 36.4 Å². The first kappa shape index (κ1) is 12.9. The van der Waals surface area contributed by atoms with Crippen molar-refractivity contribution in [3.05, 3.63) is 72.8 Å². The largest absolute Gasteiger partial charge is 0.459 e. The molecule has 0 bridgehead atoms. The average molecular weight is 279 g/mol. The molecule has 1 aromatic carbocycles. The van der Waals surface area contributed by atoms with Crippen molar-refractivity contribution >= 4 is 23.1 Å². The third-order valence-corrected chi connectivity index (χ3v) is 2.81. The van der Waals surface area contributed by atoms with Crippen LogP contribution in [0.5, 0.6) is 0 Å². The molecule has 0 spiro atoms. The minimum Gasteiger partial charge on any atom is -0.459 e. The summed E-state index contributed by atoms with van der Waals surface area (Å²) in [5, 5.41) is 5.88. The molecule has 3 rings (SSSR count). The summed E-state index contributed by atoms with van der Waals surface area (Å²) < 4.78 is 5.02. The topological polar surface area (TPSA) is 67.2 Å². The maximum Gasteiger partial charge on any atom is 0.292 e. The second-order valence-corrected chi connectivity index (χ2v) is 4.35. The van der Waals surface area contributed by atoms with Crippen LogP contribution in [-0.4, -0.2) is 10.9 Å². The highest BCUT2D eigenvalue weighted by molar-refractivity contribution is 6.01. The number of nitrogens with one attached hydrogen (secondary N) is 2. The summed E-state index contributed by atoms with van der Waals surface area (Å²) in [4.78, 5) is 16.0. The Bertz CT molecular complexity index is 707. The first-order chi connectivity index (χ1) is 10.3. The van der Waals surface area contributed by atoms with Crippen molar-refractivity contribution in [1.82, 2.24) is 4.98 Å². The van der Waals surface area contributed by atoms with Crippen LogP contribution in [-0.2, 0) is 0 Å². The Morgan fingerprint density at radius 2 is 1.81 bits per heavy atom. The molecule has 2 N–H and O–H groups in total. The van der Waals surface area contributed by atoms with Gasteiger partial charge in [-0.1, -0.05) is 18.2 Å². The second kappa shape index (κ2) is 5.92. The van der Waals surface area contributed by atoms with E-state index >= 15 is 0 Å². The summed E-state index contributed by atoms with van der Waals surface area (Å²) in [6, 6.07) is 16.6. The number of carbonyl (C=O) groups excluding carboxylic acids is 1. The second-order valence-electron chi connectivity index (χ2n) is 4.35. The van der Waals surface area contributed by atoms with E-state index in [1.165, 1.54) is 6.26 Å². The minimum absolute atomic E-state index is 0.253. The highest BCUT2D eigenvalue weighted by Gasteiger charge is 2.09. The van der Waals surface area contributed by atoms with E-state index in [2.05, 4.69) is 15.6 Å². The minimum atomic E-state index is -0.323. The number of benzene rings is 1. The van der Waals surface area contributed by atoms with E-state index in [9.17, 15) is 4.79 Å². The van der Waals surface area contributed by atoms with Crippen LogP contribution in [0.2, 0.25) is 0 Å². The molecule has 0 radical (unpaired) electrons. The molecule has 0 saturated carbocycles. The summed E-state index contributed by atoms with van der Waals surface area (Å²) >= 11 is 0. The molecular weight excluding hydrogens is 266 g/mol. The van der Waals surface area contributed by atoms with Crippen molar-refractivity contribution < 1.29 is 9.21 Å². The van der Waals surface area contributed by atoms with Gasteiger partial charge in [0.05, 0.1) is 18.1 Å². The number of amides is 1. The summed E-state index contributed by atoms with van der Waals surface area (Å²) in [5.74, 6) is 0.398. The first-order valence-corrected chi connectivity index (χ1v) is 6.44. The number of rotatable bonds is 4. The van der Waals surface area contributed by atoms with Crippen molar-refractivity contribution in [3.8, 4) is 0 Å². The van der Waals surface area contributed by atoms with Gasteiger partial charge in [-0.15, -0.1) is 0 Å². The number of aromatic nitrogens is 1. The molecule has 0 aliphatic rings. The molecule has 1 amide bonds. The predicted molar refractivity (Wildman–Crippen MR) is 80.6 cm³/mol. The SMILES string of the molecule is O=C(Nc1ccc(Nc2ccccc2)cn1)c1ccco1. The molecule has 5 heteroatoms.